The lowest BCUT2D eigenvalue weighted by molar-refractivity contribution is 0.0949. The summed E-state index contributed by atoms with van der Waals surface area (Å²) in [4.78, 5) is 12.0. The maximum absolute atomic E-state index is 12.0. The molecule has 0 saturated heterocycles. The molecule has 1 N–H and O–H groups in total. The van der Waals surface area contributed by atoms with E-state index >= 15 is 0 Å². The van der Waals surface area contributed by atoms with Gasteiger partial charge in [-0.15, -0.1) is 0 Å². The Morgan fingerprint density at radius 3 is 2.38 bits per heavy atom. The second kappa shape index (κ2) is 8.22. The summed E-state index contributed by atoms with van der Waals surface area (Å²) in [6, 6.07) is 17.3. The van der Waals surface area contributed by atoms with Crippen LogP contribution in [0.1, 0.15) is 34.8 Å². The Bertz CT molecular complexity index is 566. The largest absolute Gasteiger partial charge is 0.377 e. The summed E-state index contributed by atoms with van der Waals surface area (Å²) in [5.74, 6) is -0.0557. The van der Waals surface area contributed by atoms with E-state index in [0.29, 0.717) is 18.7 Å². The van der Waals surface area contributed by atoms with Crippen molar-refractivity contribution in [3.8, 4) is 0 Å². The Morgan fingerprint density at radius 2 is 1.67 bits per heavy atom. The molecule has 110 valence electrons. The van der Waals surface area contributed by atoms with E-state index in [2.05, 4.69) is 12.2 Å². The average Bonchev–Trinajstić information content (AvgIpc) is 2.54. The maximum atomic E-state index is 12.0. The van der Waals surface area contributed by atoms with Crippen molar-refractivity contribution in [1.29, 1.82) is 0 Å². The van der Waals surface area contributed by atoms with Gasteiger partial charge < -0.3 is 10.1 Å². The van der Waals surface area contributed by atoms with Gasteiger partial charge in [0.15, 0.2) is 0 Å². The molecule has 21 heavy (non-hydrogen) atoms. The van der Waals surface area contributed by atoms with Crippen LogP contribution in [-0.2, 0) is 17.9 Å². The average molecular weight is 283 g/mol. The summed E-state index contributed by atoms with van der Waals surface area (Å²) in [5.41, 5.74) is 2.90. The molecule has 0 saturated carbocycles. The van der Waals surface area contributed by atoms with Gasteiger partial charge in [0, 0.05) is 18.7 Å². The smallest absolute Gasteiger partial charge is 0.251 e. The molecule has 2 aromatic rings. The van der Waals surface area contributed by atoms with Gasteiger partial charge >= 0.3 is 0 Å². The van der Waals surface area contributed by atoms with E-state index < -0.39 is 0 Å². The van der Waals surface area contributed by atoms with E-state index in [1.807, 2.05) is 54.6 Å². The highest BCUT2D eigenvalue weighted by molar-refractivity contribution is 5.94. The predicted molar refractivity (Wildman–Crippen MR) is 84.0 cm³/mol. The zero-order valence-corrected chi connectivity index (χ0v) is 12.3. The van der Waals surface area contributed by atoms with Gasteiger partial charge in [0.25, 0.3) is 5.91 Å². The lowest BCUT2D eigenvalue weighted by Gasteiger charge is -2.11. The summed E-state index contributed by atoms with van der Waals surface area (Å²) in [5, 5.41) is 2.95. The number of carbonyl (C=O) groups excluding carboxylic acids is 1. The van der Waals surface area contributed by atoms with Crippen molar-refractivity contribution < 1.29 is 9.53 Å². The Labute approximate surface area is 126 Å². The van der Waals surface area contributed by atoms with Crippen molar-refractivity contribution in [2.24, 2.45) is 0 Å². The molecule has 0 aliphatic carbocycles. The van der Waals surface area contributed by atoms with E-state index in [1.165, 1.54) is 0 Å². The molecule has 0 aliphatic heterocycles. The fraction of sp³-hybridized carbons (Fsp3) is 0.278. The molecular weight excluding hydrogens is 262 g/mol. The van der Waals surface area contributed by atoms with Crippen LogP contribution in [0.25, 0.3) is 0 Å². The van der Waals surface area contributed by atoms with Crippen molar-refractivity contribution in [1.82, 2.24) is 5.32 Å². The van der Waals surface area contributed by atoms with Crippen LogP contribution < -0.4 is 5.32 Å². The van der Waals surface area contributed by atoms with Gasteiger partial charge in [-0.25, -0.2) is 0 Å². The Hall–Kier alpha value is -2.13. The number of hydrogen-bond donors (Lipinski definition) is 1. The van der Waals surface area contributed by atoms with Gasteiger partial charge in [0.1, 0.15) is 0 Å². The first-order valence-electron chi connectivity index (χ1n) is 7.29. The van der Waals surface area contributed by atoms with Crippen molar-refractivity contribution in [3.05, 3.63) is 71.3 Å². The van der Waals surface area contributed by atoms with E-state index in [0.717, 1.165) is 24.2 Å². The summed E-state index contributed by atoms with van der Waals surface area (Å²) in [6.07, 6.45) is 1.01. The van der Waals surface area contributed by atoms with Crippen LogP contribution in [0.15, 0.2) is 54.6 Å². The Balaban J connectivity index is 1.95. The van der Waals surface area contributed by atoms with Crippen molar-refractivity contribution in [3.63, 3.8) is 0 Å². The highest BCUT2D eigenvalue weighted by atomic mass is 16.5. The Morgan fingerprint density at radius 1 is 1.00 bits per heavy atom. The van der Waals surface area contributed by atoms with E-state index in [1.54, 1.807) is 0 Å². The molecule has 0 atom stereocenters. The third kappa shape index (κ3) is 4.72. The van der Waals surface area contributed by atoms with Crippen molar-refractivity contribution >= 4 is 5.91 Å². The van der Waals surface area contributed by atoms with Crippen molar-refractivity contribution in [2.45, 2.75) is 26.5 Å². The summed E-state index contributed by atoms with van der Waals surface area (Å²) in [6.45, 7) is 3.95. The lowest BCUT2D eigenvalue weighted by atomic mass is 10.1. The molecule has 0 heterocycles. The monoisotopic (exact) mass is 283 g/mol. The van der Waals surface area contributed by atoms with Crippen LogP contribution in [0, 0.1) is 0 Å². The molecule has 1 amide bonds. The van der Waals surface area contributed by atoms with Crippen LogP contribution in [-0.4, -0.2) is 12.5 Å². The van der Waals surface area contributed by atoms with Gasteiger partial charge in [-0.3, -0.25) is 4.79 Å². The molecular formula is C18H21NO2. The molecule has 2 rings (SSSR count). The van der Waals surface area contributed by atoms with Gasteiger partial charge in [-0.05, 0) is 29.7 Å². The molecule has 2 aromatic carbocycles. The molecule has 0 unspecified atom stereocenters. The minimum atomic E-state index is -0.0557. The Kier molecular flexibility index (Phi) is 5.98. The van der Waals surface area contributed by atoms with Gasteiger partial charge in [-0.1, -0.05) is 49.4 Å². The van der Waals surface area contributed by atoms with Gasteiger partial charge in [-0.2, -0.15) is 0 Å². The first-order chi connectivity index (χ1) is 10.3. The molecule has 3 nitrogen and oxygen atoms in total. The molecule has 0 fully saturated rings. The van der Waals surface area contributed by atoms with Crippen molar-refractivity contribution in [2.75, 3.05) is 6.61 Å². The number of amides is 1. The van der Waals surface area contributed by atoms with Crippen LogP contribution >= 0.6 is 0 Å². The fourth-order valence-corrected chi connectivity index (χ4v) is 2.06. The van der Waals surface area contributed by atoms with Crippen LogP contribution in [0.4, 0.5) is 0 Å². The third-order valence-corrected chi connectivity index (χ3v) is 3.20. The predicted octanol–water partition coefficient (Wildman–Crippen LogP) is 3.54. The molecule has 0 aromatic heterocycles. The summed E-state index contributed by atoms with van der Waals surface area (Å²) >= 11 is 0. The van der Waals surface area contributed by atoms with E-state index in [-0.39, 0.29) is 5.91 Å². The summed E-state index contributed by atoms with van der Waals surface area (Å²) < 4.78 is 5.59. The normalized spacial score (nSPS) is 10.3. The molecule has 0 bridgehead atoms. The van der Waals surface area contributed by atoms with E-state index in [4.69, 9.17) is 4.74 Å². The van der Waals surface area contributed by atoms with E-state index in [9.17, 15) is 4.79 Å². The van der Waals surface area contributed by atoms with Crippen LogP contribution in [0.3, 0.4) is 0 Å². The topological polar surface area (TPSA) is 38.3 Å². The molecule has 0 radical (unpaired) electrons. The number of benzene rings is 2. The van der Waals surface area contributed by atoms with Crippen LogP contribution in [0.5, 0.6) is 0 Å². The highest BCUT2D eigenvalue weighted by Crippen LogP contribution is 2.10. The standard InChI is InChI=1S/C18H21NO2/c1-2-12-21-14-17-11-7-6-10-16(17)13-19-18(20)15-8-4-3-5-9-15/h3-11H,2,12-14H2,1H3,(H,19,20). The number of ether oxygens (including phenoxy) is 1. The minimum Gasteiger partial charge on any atom is -0.377 e. The lowest BCUT2D eigenvalue weighted by Crippen LogP contribution is -2.23. The molecule has 0 aliphatic rings. The zero-order chi connectivity index (χ0) is 14.9. The quantitative estimate of drug-likeness (QED) is 0.789. The fourth-order valence-electron chi connectivity index (χ4n) is 2.06. The third-order valence-electron chi connectivity index (χ3n) is 3.20. The first kappa shape index (κ1) is 15.3. The van der Waals surface area contributed by atoms with Crippen LogP contribution in [0.2, 0.25) is 0 Å². The highest BCUT2D eigenvalue weighted by Gasteiger charge is 2.06. The number of carbonyl (C=O) groups is 1. The molecule has 0 spiro atoms. The molecule has 3 heteroatoms. The first-order valence-corrected chi connectivity index (χ1v) is 7.29. The van der Waals surface area contributed by atoms with Gasteiger partial charge in [0.2, 0.25) is 0 Å². The summed E-state index contributed by atoms with van der Waals surface area (Å²) in [7, 11) is 0. The number of nitrogens with one attached hydrogen (secondary N) is 1. The number of rotatable bonds is 7. The second-order valence-corrected chi connectivity index (χ2v) is 4.87. The SMILES string of the molecule is CCCOCc1ccccc1CNC(=O)c1ccccc1. The second-order valence-electron chi connectivity index (χ2n) is 4.87. The number of hydrogen-bond acceptors (Lipinski definition) is 2. The minimum absolute atomic E-state index is 0.0557. The maximum Gasteiger partial charge on any atom is 0.251 e. The zero-order valence-electron chi connectivity index (χ0n) is 12.3. The van der Waals surface area contributed by atoms with Gasteiger partial charge in [0.05, 0.1) is 6.61 Å².